The number of carboxylic acid groups (broad SMARTS) is 1. The molecule has 3 heteroatoms. The van der Waals surface area contributed by atoms with Gasteiger partial charge in [0.05, 0.1) is 5.41 Å². The first-order valence-corrected chi connectivity index (χ1v) is 5.39. The van der Waals surface area contributed by atoms with Gasteiger partial charge in [-0.25, -0.2) is 0 Å². The summed E-state index contributed by atoms with van der Waals surface area (Å²) >= 11 is 0. The Kier molecular flexibility index (Phi) is 5.77. The minimum Gasteiger partial charge on any atom is -0.481 e. The van der Waals surface area contributed by atoms with Crippen LogP contribution in [0.3, 0.4) is 0 Å². The van der Waals surface area contributed by atoms with E-state index in [0.29, 0.717) is 0 Å². The quantitative estimate of drug-likeness (QED) is 0.686. The number of rotatable bonds is 7. The molecule has 0 aliphatic carbocycles. The summed E-state index contributed by atoms with van der Waals surface area (Å²) in [5.74, 6) is -0.697. The average molecular weight is 201 g/mol. The zero-order valence-electron chi connectivity index (χ0n) is 9.84. The van der Waals surface area contributed by atoms with Crippen LogP contribution in [-0.2, 0) is 4.79 Å². The largest absolute Gasteiger partial charge is 0.481 e. The molecule has 0 aromatic rings. The van der Waals surface area contributed by atoms with E-state index in [4.69, 9.17) is 5.11 Å². The molecule has 0 aliphatic rings. The number of hydrogen-bond acceptors (Lipinski definition) is 2. The third-order valence-corrected chi connectivity index (χ3v) is 2.75. The normalized spacial score (nSPS) is 12.1. The van der Waals surface area contributed by atoms with Crippen LogP contribution in [0.2, 0.25) is 0 Å². The second-order valence-electron chi connectivity index (χ2n) is 4.32. The lowest BCUT2D eigenvalue weighted by Gasteiger charge is -2.22. The smallest absolute Gasteiger partial charge is 0.309 e. The van der Waals surface area contributed by atoms with Crippen molar-refractivity contribution in [3.63, 3.8) is 0 Å². The Morgan fingerprint density at radius 3 is 2.14 bits per heavy atom. The van der Waals surface area contributed by atoms with Gasteiger partial charge >= 0.3 is 5.97 Å². The van der Waals surface area contributed by atoms with Crippen molar-refractivity contribution >= 4 is 5.97 Å². The van der Waals surface area contributed by atoms with Crippen molar-refractivity contribution in [3.8, 4) is 0 Å². The Labute approximate surface area is 87.1 Å². The summed E-state index contributed by atoms with van der Waals surface area (Å²) in [6.45, 7) is 10.9. The molecule has 1 N–H and O–H groups in total. The van der Waals surface area contributed by atoms with E-state index in [-0.39, 0.29) is 0 Å². The zero-order chi connectivity index (χ0) is 11.2. The van der Waals surface area contributed by atoms with Crippen LogP contribution in [0.4, 0.5) is 0 Å². The van der Waals surface area contributed by atoms with Gasteiger partial charge in [0.25, 0.3) is 0 Å². The minimum absolute atomic E-state index is 0.576. The van der Waals surface area contributed by atoms with Crippen LogP contribution in [0.25, 0.3) is 0 Å². The lowest BCUT2D eigenvalue weighted by molar-refractivity contribution is -0.147. The van der Waals surface area contributed by atoms with Gasteiger partial charge in [-0.05, 0) is 46.3 Å². The van der Waals surface area contributed by atoms with Gasteiger partial charge in [-0.2, -0.15) is 0 Å². The Hall–Kier alpha value is -0.570. The van der Waals surface area contributed by atoms with Crippen LogP contribution in [-0.4, -0.2) is 35.6 Å². The molecule has 0 unspecified atom stereocenters. The maximum Gasteiger partial charge on any atom is 0.309 e. The molecule has 0 amide bonds. The molecular formula is C11H23NO2. The van der Waals surface area contributed by atoms with Gasteiger partial charge < -0.3 is 10.0 Å². The van der Waals surface area contributed by atoms with Gasteiger partial charge in [0.1, 0.15) is 0 Å². The first-order chi connectivity index (χ1) is 6.44. The summed E-state index contributed by atoms with van der Waals surface area (Å²) in [4.78, 5) is 13.1. The Morgan fingerprint density at radius 2 is 1.79 bits per heavy atom. The molecule has 0 bridgehead atoms. The summed E-state index contributed by atoms with van der Waals surface area (Å²) in [5, 5.41) is 8.91. The van der Waals surface area contributed by atoms with Gasteiger partial charge in [-0.15, -0.1) is 0 Å². The summed E-state index contributed by atoms with van der Waals surface area (Å²) < 4.78 is 0. The van der Waals surface area contributed by atoms with Gasteiger partial charge in [0, 0.05) is 0 Å². The van der Waals surface area contributed by atoms with Crippen LogP contribution in [0, 0.1) is 5.41 Å². The summed E-state index contributed by atoms with van der Waals surface area (Å²) in [6, 6.07) is 0. The fraction of sp³-hybridized carbons (Fsp3) is 0.909. The molecule has 3 nitrogen and oxygen atoms in total. The molecule has 14 heavy (non-hydrogen) atoms. The number of aliphatic carboxylic acids is 1. The average Bonchev–Trinajstić information content (AvgIpc) is 2.12. The Morgan fingerprint density at radius 1 is 1.29 bits per heavy atom. The molecule has 0 aliphatic heterocycles. The number of hydrogen-bond donors (Lipinski definition) is 1. The van der Waals surface area contributed by atoms with E-state index >= 15 is 0 Å². The second-order valence-corrected chi connectivity index (χ2v) is 4.32. The Bertz CT molecular complexity index is 174. The fourth-order valence-electron chi connectivity index (χ4n) is 1.39. The molecule has 0 saturated carbocycles. The maximum absolute atomic E-state index is 10.8. The molecule has 0 radical (unpaired) electrons. The third kappa shape index (κ3) is 4.61. The van der Waals surface area contributed by atoms with Gasteiger partial charge in [0.15, 0.2) is 0 Å². The van der Waals surface area contributed by atoms with E-state index in [2.05, 4.69) is 18.7 Å². The monoisotopic (exact) mass is 201 g/mol. The minimum atomic E-state index is -0.697. The predicted molar refractivity (Wildman–Crippen MR) is 58.4 cm³/mol. The molecule has 84 valence electrons. The van der Waals surface area contributed by atoms with Crippen LogP contribution in [0.15, 0.2) is 0 Å². The van der Waals surface area contributed by atoms with E-state index in [1.54, 1.807) is 13.8 Å². The second kappa shape index (κ2) is 6.02. The maximum atomic E-state index is 10.8. The number of nitrogens with zero attached hydrogens (tertiary/aromatic N) is 1. The van der Waals surface area contributed by atoms with E-state index in [0.717, 1.165) is 32.5 Å². The lowest BCUT2D eigenvalue weighted by Crippen LogP contribution is -2.28. The number of carbonyl (C=O) groups is 1. The lowest BCUT2D eigenvalue weighted by atomic mass is 9.88. The highest BCUT2D eigenvalue weighted by Gasteiger charge is 2.26. The summed E-state index contributed by atoms with van der Waals surface area (Å²) in [5.41, 5.74) is -0.576. The van der Waals surface area contributed by atoms with Crippen molar-refractivity contribution in [1.29, 1.82) is 0 Å². The van der Waals surface area contributed by atoms with Gasteiger partial charge in [-0.1, -0.05) is 13.8 Å². The van der Waals surface area contributed by atoms with Crippen molar-refractivity contribution in [3.05, 3.63) is 0 Å². The van der Waals surface area contributed by atoms with Crippen molar-refractivity contribution in [2.45, 2.75) is 40.5 Å². The topological polar surface area (TPSA) is 40.5 Å². The van der Waals surface area contributed by atoms with E-state index < -0.39 is 11.4 Å². The standard InChI is InChI=1S/C11H23NO2/c1-5-12(6-2)9-7-8-11(3,4)10(13)14/h5-9H2,1-4H3,(H,13,14). The summed E-state index contributed by atoms with van der Waals surface area (Å²) in [7, 11) is 0. The van der Waals surface area contributed by atoms with Crippen molar-refractivity contribution in [2.24, 2.45) is 5.41 Å². The van der Waals surface area contributed by atoms with E-state index in [1.165, 1.54) is 0 Å². The van der Waals surface area contributed by atoms with Gasteiger partial charge in [0.2, 0.25) is 0 Å². The van der Waals surface area contributed by atoms with Crippen LogP contribution < -0.4 is 0 Å². The van der Waals surface area contributed by atoms with E-state index in [1.807, 2.05) is 0 Å². The third-order valence-electron chi connectivity index (χ3n) is 2.75. The first kappa shape index (κ1) is 13.4. The molecule has 0 saturated heterocycles. The molecule has 0 heterocycles. The summed E-state index contributed by atoms with van der Waals surface area (Å²) in [6.07, 6.45) is 1.71. The zero-order valence-corrected chi connectivity index (χ0v) is 9.84. The Balaban J connectivity index is 3.78. The van der Waals surface area contributed by atoms with Crippen molar-refractivity contribution in [2.75, 3.05) is 19.6 Å². The van der Waals surface area contributed by atoms with Crippen LogP contribution >= 0.6 is 0 Å². The first-order valence-electron chi connectivity index (χ1n) is 5.39. The SMILES string of the molecule is CCN(CC)CCCC(C)(C)C(=O)O. The number of carboxylic acids is 1. The highest BCUT2D eigenvalue weighted by Crippen LogP contribution is 2.22. The molecule has 0 fully saturated rings. The van der Waals surface area contributed by atoms with Crippen LogP contribution in [0.5, 0.6) is 0 Å². The van der Waals surface area contributed by atoms with Gasteiger partial charge in [-0.3, -0.25) is 4.79 Å². The van der Waals surface area contributed by atoms with Crippen molar-refractivity contribution < 1.29 is 9.90 Å². The molecule has 0 aromatic heterocycles. The fourth-order valence-corrected chi connectivity index (χ4v) is 1.39. The molecular weight excluding hydrogens is 178 g/mol. The van der Waals surface area contributed by atoms with Crippen LogP contribution in [0.1, 0.15) is 40.5 Å². The molecule has 0 atom stereocenters. The van der Waals surface area contributed by atoms with Crippen molar-refractivity contribution in [1.82, 2.24) is 4.90 Å². The molecule has 0 rings (SSSR count). The predicted octanol–water partition coefficient (Wildman–Crippen LogP) is 2.22. The molecule has 0 spiro atoms. The highest BCUT2D eigenvalue weighted by atomic mass is 16.4. The highest BCUT2D eigenvalue weighted by molar-refractivity contribution is 5.73. The molecule has 0 aromatic carbocycles. The van der Waals surface area contributed by atoms with E-state index in [9.17, 15) is 4.79 Å².